The monoisotopic (exact) mass is 498 g/mol. The second-order valence-electron chi connectivity index (χ2n) is 8.90. The number of carbonyl (C=O) groups excluding carboxylic acids is 1. The number of morpholine rings is 1. The smallest absolute Gasteiger partial charge is 0.379 e. The summed E-state index contributed by atoms with van der Waals surface area (Å²) in [6.45, 7) is 5.12. The number of hydrogen-bond donors (Lipinski definition) is 1. The van der Waals surface area contributed by atoms with Crippen molar-refractivity contribution in [3.63, 3.8) is 0 Å². The Morgan fingerprint density at radius 3 is 2.26 bits per heavy atom. The second-order valence-corrected chi connectivity index (χ2v) is 10.8. The molecule has 0 aliphatic carbocycles. The van der Waals surface area contributed by atoms with Gasteiger partial charge in [0.2, 0.25) is 15.9 Å². The molecule has 0 bridgehead atoms. The molecule has 0 atom stereocenters. The lowest BCUT2D eigenvalue weighted by atomic mass is 9.83. The molecule has 3 rings (SSSR count). The molecule has 1 aliphatic heterocycles. The Bertz CT molecular complexity index is 1090. The summed E-state index contributed by atoms with van der Waals surface area (Å²) in [4.78, 5) is 12.5. The zero-order chi connectivity index (χ0) is 25.0. The number of alkyl halides is 3. The number of aryl methyl sites for hydroxylation is 1. The lowest BCUT2D eigenvalue weighted by molar-refractivity contribution is -0.137. The lowest BCUT2D eigenvalue weighted by Gasteiger charge is -2.26. The van der Waals surface area contributed by atoms with Crippen molar-refractivity contribution < 1.29 is 31.1 Å². The largest absolute Gasteiger partial charge is 0.416 e. The topological polar surface area (TPSA) is 75.7 Å². The minimum Gasteiger partial charge on any atom is -0.379 e. The van der Waals surface area contributed by atoms with Gasteiger partial charge in [-0.05, 0) is 35.7 Å². The Kier molecular flexibility index (Phi) is 8.05. The molecule has 1 heterocycles. The molecule has 0 radical (unpaired) electrons. The van der Waals surface area contributed by atoms with Gasteiger partial charge in [-0.2, -0.15) is 17.5 Å². The predicted molar refractivity (Wildman–Crippen MR) is 122 cm³/mol. The number of ether oxygens (including phenoxy) is 1. The SMILES string of the molecule is CC(C)(CNC(=O)CCc1ccc(S(=O)(=O)N2CCOCC2)cc1)c1cccc(C(F)(F)F)c1. The Hall–Kier alpha value is -2.43. The number of amides is 1. The summed E-state index contributed by atoms with van der Waals surface area (Å²) in [7, 11) is -3.57. The van der Waals surface area contributed by atoms with Crippen LogP contribution in [0.3, 0.4) is 0 Å². The minimum absolute atomic E-state index is 0.175. The fourth-order valence-electron chi connectivity index (χ4n) is 3.65. The van der Waals surface area contributed by atoms with E-state index in [1.807, 2.05) is 0 Å². The van der Waals surface area contributed by atoms with Gasteiger partial charge in [-0.25, -0.2) is 8.42 Å². The van der Waals surface area contributed by atoms with Gasteiger partial charge in [-0.1, -0.05) is 44.2 Å². The second kappa shape index (κ2) is 10.5. The number of halogens is 3. The third-order valence-electron chi connectivity index (χ3n) is 5.87. The van der Waals surface area contributed by atoms with E-state index < -0.39 is 27.2 Å². The first-order valence-corrected chi connectivity index (χ1v) is 12.4. The molecule has 0 aromatic heterocycles. The molecule has 1 fully saturated rings. The molecule has 0 saturated carbocycles. The summed E-state index contributed by atoms with van der Waals surface area (Å²) in [5, 5.41) is 2.79. The highest BCUT2D eigenvalue weighted by Gasteiger charge is 2.32. The van der Waals surface area contributed by atoms with Gasteiger partial charge in [-0.15, -0.1) is 0 Å². The molecule has 6 nitrogen and oxygen atoms in total. The predicted octanol–water partition coefficient (Wildman–Crippen LogP) is 3.75. The fraction of sp³-hybridized carbons (Fsp3) is 0.458. The van der Waals surface area contributed by atoms with Gasteiger partial charge in [0.1, 0.15) is 0 Å². The molecule has 186 valence electrons. The molecule has 0 unspecified atom stereocenters. The summed E-state index contributed by atoms with van der Waals surface area (Å²) in [5.74, 6) is -0.231. The highest BCUT2D eigenvalue weighted by atomic mass is 32.2. The van der Waals surface area contributed by atoms with Gasteiger partial charge >= 0.3 is 6.18 Å². The highest BCUT2D eigenvalue weighted by molar-refractivity contribution is 7.89. The molecular weight excluding hydrogens is 469 g/mol. The van der Waals surface area contributed by atoms with Crippen LogP contribution < -0.4 is 5.32 Å². The first-order chi connectivity index (χ1) is 15.9. The Balaban J connectivity index is 1.53. The van der Waals surface area contributed by atoms with Crippen LogP contribution >= 0.6 is 0 Å². The van der Waals surface area contributed by atoms with Crippen molar-refractivity contribution in [1.29, 1.82) is 0 Å². The van der Waals surface area contributed by atoms with Crippen molar-refractivity contribution in [3.8, 4) is 0 Å². The van der Waals surface area contributed by atoms with Gasteiger partial charge in [0, 0.05) is 31.5 Å². The summed E-state index contributed by atoms with van der Waals surface area (Å²) in [6.07, 6.45) is -3.84. The van der Waals surface area contributed by atoms with E-state index in [9.17, 15) is 26.4 Å². The van der Waals surface area contributed by atoms with Crippen molar-refractivity contribution in [2.45, 2.75) is 43.2 Å². The maximum atomic E-state index is 13.0. The summed E-state index contributed by atoms with van der Waals surface area (Å²) in [6, 6.07) is 11.6. The van der Waals surface area contributed by atoms with Crippen LogP contribution in [0.25, 0.3) is 0 Å². The number of benzene rings is 2. The zero-order valence-corrected chi connectivity index (χ0v) is 20.0. The van der Waals surface area contributed by atoms with E-state index in [0.29, 0.717) is 38.3 Å². The number of rotatable bonds is 8. The van der Waals surface area contributed by atoms with Crippen molar-refractivity contribution in [3.05, 3.63) is 65.2 Å². The van der Waals surface area contributed by atoms with Crippen LogP contribution in [0.5, 0.6) is 0 Å². The van der Waals surface area contributed by atoms with Gasteiger partial charge in [0.05, 0.1) is 23.7 Å². The van der Waals surface area contributed by atoms with Gasteiger partial charge in [0.15, 0.2) is 0 Å². The maximum Gasteiger partial charge on any atom is 0.416 e. The lowest BCUT2D eigenvalue weighted by Crippen LogP contribution is -2.40. The van der Waals surface area contributed by atoms with Crippen molar-refractivity contribution >= 4 is 15.9 Å². The Morgan fingerprint density at radius 1 is 1.03 bits per heavy atom. The molecular formula is C24H29F3N2O4S. The Labute approximate surface area is 198 Å². The van der Waals surface area contributed by atoms with Crippen molar-refractivity contribution in [2.75, 3.05) is 32.8 Å². The Morgan fingerprint density at radius 2 is 1.65 bits per heavy atom. The van der Waals surface area contributed by atoms with E-state index in [2.05, 4.69) is 5.32 Å². The van der Waals surface area contributed by atoms with Crippen molar-refractivity contribution in [2.24, 2.45) is 0 Å². The molecule has 0 spiro atoms. The molecule has 1 aliphatic rings. The average molecular weight is 499 g/mol. The number of sulfonamides is 1. The molecule has 1 amide bonds. The van der Waals surface area contributed by atoms with Crippen LogP contribution in [0.1, 0.15) is 37.0 Å². The van der Waals surface area contributed by atoms with E-state index in [0.717, 1.165) is 17.7 Å². The first-order valence-electron chi connectivity index (χ1n) is 11.0. The van der Waals surface area contributed by atoms with E-state index in [1.165, 1.54) is 22.5 Å². The first kappa shape index (κ1) is 26.2. The van der Waals surface area contributed by atoms with Gasteiger partial charge in [0.25, 0.3) is 0 Å². The van der Waals surface area contributed by atoms with E-state index in [1.54, 1.807) is 32.0 Å². The molecule has 1 saturated heterocycles. The maximum absolute atomic E-state index is 13.0. The quantitative estimate of drug-likeness (QED) is 0.602. The zero-order valence-electron chi connectivity index (χ0n) is 19.2. The number of carbonyl (C=O) groups is 1. The van der Waals surface area contributed by atoms with Crippen LogP contribution in [0.2, 0.25) is 0 Å². The number of nitrogens with one attached hydrogen (secondary N) is 1. The van der Waals surface area contributed by atoms with E-state index >= 15 is 0 Å². The fourth-order valence-corrected chi connectivity index (χ4v) is 5.06. The van der Waals surface area contributed by atoms with Gasteiger partial charge in [-0.3, -0.25) is 4.79 Å². The molecule has 2 aromatic carbocycles. The highest BCUT2D eigenvalue weighted by Crippen LogP contribution is 2.32. The molecule has 10 heteroatoms. The van der Waals surface area contributed by atoms with Crippen LogP contribution in [-0.4, -0.2) is 51.5 Å². The van der Waals surface area contributed by atoms with Crippen LogP contribution in [0, 0.1) is 0 Å². The van der Waals surface area contributed by atoms with Crippen LogP contribution in [-0.2, 0) is 37.6 Å². The third kappa shape index (κ3) is 6.58. The normalized spacial score (nSPS) is 15.8. The molecule has 1 N–H and O–H groups in total. The third-order valence-corrected chi connectivity index (χ3v) is 7.78. The van der Waals surface area contributed by atoms with Crippen molar-refractivity contribution in [1.82, 2.24) is 9.62 Å². The van der Waals surface area contributed by atoms with Gasteiger partial charge < -0.3 is 10.1 Å². The minimum atomic E-state index is -4.42. The summed E-state index contributed by atoms with van der Waals surface area (Å²) < 4.78 is 71.0. The summed E-state index contributed by atoms with van der Waals surface area (Å²) in [5.41, 5.74) is -0.108. The average Bonchev–Trinajstić information content (AvgIpc) is 2.82. The number of nitrogens with zero attached hydrogens (tertiary/aromatic N) is 1. The molecule has 34 heavy (non-hydrogen) atoms. The van der Waals surface area contributed by atoms with Crippen LogP contribution in [0.15, 0.2) is 53.4 Å². The molecule has 2 aromatic rings. The van der Waals surface area contributed by atoms with E-state index in [-0.39, 0.29) is 23.8 Å². The summed E-state index contributed by atoms with van der Waals surface area (Å²) >= 11 is 0. The standard InChI is InChI=1S/C24H29F3N2O4S/c1-23(2,19-4-3-5-20(16-19)24(25,26)27)17-28-22(30)11-8-18-6-9-21(10-7-18)34(31,32)29-12-14-33-15-13-29/h3-7,9-10,16H,8,11-15,17H2,1-2H3,(H,28,30). The van der Waals surface area contributed by atoms with E-state index in [4.69, 9.17) is 4.74 Å². The van der Waals surface area contributed by atoms with Crippen LogP contribution in [0.4, 0.5) is 13.2 Å². The number of hydrogen-bond acceptors (Lipinski definition) is 4.